The molecule has 17 heavy (non-hydrogen) atoms. The summed E-state index contributed by atoms with van der Waals surface area (Å²) in [6.07, 6.45) is 4.18. The molecule has 1 aliphatic rings. The van der Waals surface area contributed by atoms with E-state index in [1.807, 2.05) is 29.2 Å². The summed E-state index contributed by atoms with van der Waals surface area (Å²) in [5.41, 5.74) is 5.19. The lowest BCUT2D eigenvalue weighted by Crippen LogP contribution is -2.36. The van der Waals surface area contributed by atoms with Gasteiger partial charge in [0.15, 0.2) is 0 Å². The lowest BCUT2D eigenvalue weighted by Gasteiger charge is -2.29. The molecule has 5 nitrogen and oxygen atoms in total. The maximum atomic E-state index is 10.9. The van der Waals surface area contributed by atoms with Gasteiger partial charge in [-0.2, -0.15) is 0 Å². The molecule has 98 valence electrons. The minimum Gasteiger partial charge on any atom is -0.370 e. The van der Waals surface area contributed by atoms with Crippen LogP contribution in [-0.2, 0) is 9.59 Å². The number of ketones is 1. The Balaban J connectivity index is 0.00000256. The van der Waals surface area contributed by atoms with Gasteiger partial charge in [0.2, 0.25) is 5.91 Å². The standard InChI is InChI=1S/C10H17N3O2S.ClH/c1-8(14)7-16-10-12(2)5-6-13(10)4-3-9(11)15;/h5-6,10H,3-4,7H2,1-2H3,(H2,11,15);1H. The predicted octanol–water partition coefficient (Wildman–Crippen LogP) is 0.608. The second-order valence-electron chi connectivity index (χ2n) is 3.76. The molecule has 0 aromatic rings. The third kappa shape index (κ3) is 5.32. The van der Waals surface area contributed by atoms with Gasteiger partial charge in [0.1, 0.15) is 11.3 Å². The molecule has 7 heteroatoms. The van der Waals surface area contributed by atoms with Crippen molar-refractivity contribution in [2.24, 2.45) is 5.73 Å². The summed E-state index contributed by atoms with van der Waals surface area (Å²) in [6.45, 7) is 2.16. The van der Waals surface area contributed by atoms with Crippen LogP contribution in [0.3, 0.4) is 0 Å². The van der Waals surface area contributed by atoms with Gasteiger partial charge in [0.05, 0.1) is 5.75 Å². The molecule has 1 amide bonds. The van der Waals surface area contributed by atoms with E-state index in [2.05, 4.69) is 0 Å². The Hall–Kier alpha value is -0.880. The van der Waals surface area contributed by atoms with Crippen molar-refractivity contribution in [3.05, 3.63) is 12.4 Å². The van der Waals surface area contributed by atoms with Gasteiger partial charge in [-0.05, 0) is 6.92 Å². The molecule has 0 saturated carbocycles. The molecular weight excluding hydrogens is 262 g/mol. The monoisotopic (exact) mass is 279 g/mol. The molecule has 0 aromatic carbocycles. The van der Waals surface area contributed by atoms with Crippen LogP contribution < -0.4 is 5.73 Å². The largest absolute Gasteiger partial charge is 0.370 e. The Morgan fingerprint density at radius 3 is 2.59 bits per heavy atom. The van der Waals surface area contributed by atoms with Crippen LogP contribution in [0.1, 0.15) is 13.3 Å². The van der Waals surface area contributed by atoms with E-state index in [0.717, 1.165) is 0 Å². The summed E-state index contributed by atoms with van der Waals surface area (Å²) in [5, 5.41) is 0. The van der Waals surface area contributed by atoms with Gasteiger partial charge in [0, 0.05) is 32.4 Å². The predicted molar refractivity (Wildman–Crippen MR) is 71.6 cm³/mol. The second-order valence-corrected chi connectivity index (χ2v) is 4.80. The van der Waals surface area contributed by atoms with E-state index in [0.29, 0.717) is 18.7 Å². The lowest BCUT2D eigenvalue weighted by atomic mass is 10.4. The van der Waals surface area contributed by atoms with Crippen molar-refractivity contribution in [1.82, 2.24) is 9.80 Å². The van der Waals surface area contributed by atoms with Crippen molar-refractivity contribution < 1.29 is 9.59 Å². The van der Waals surface area contributed by atoms with E-state index < -0.39 is 0 Å². The summed E-state index contributed by atoms with van der Waals surface area (Å²) in [7, 11) is 1.94. The minimum atomic E-state index is -0.307. The first-order valence-electron chi connectivity index (χ1n) is 5.06. The summed E-state index contributed by atoms with van der Waals surface area (Å²) < 4.78 is 0. The molecule has 0 fully saturated rings. The molecular formula is C10H18ClN3O2S. The molecule has 1 heterocycles. The Bertz CT molecular complexity index is 312. The number of amides is 1. The van der Waals surface area contributed by atoms with Crippen LogP contribution in [0.5, 0.6) is 0 Å². The zero-order valence-corrected chi connectivity index (χ0v) is 11.6. The molecule has 0 radical (unpaired) electrons. The number of hydrogen-bond donors (Lipinski definition) is 1. The number of hydrogen-bond acceptors (Lipinski definition) is 5. The third-order valence-electron chi connectivity index (χ3n) is 2.18. The molecule has 1 unspecified atom stereocenters. The number of Topliss-reactive ketones (excluding diaryl/α,β-unsaturated/α-hetero) is 1. The molecule has 0 bridgehead atoms. The van der Waals surface area contributed by atoms with Crippen LogP contribution in [0.2, 0.25) is 0 Å². The van der Waals surface area contributed by atoms with E-state index in [-0.39, 0.29) is 29.6 Å². The maximum absolute atomic E-state index is 10.9. The van der Waals surface area contributed by atoms with Crippen molar-refractivity contribution >= 4 is 35.9 Å². The number of carbonyl (C=O) groups excluding carboxylic acids is 2. The Labute approximate surface area is 112 Å². The molecule has 1 atom stereocenters. The van der Waals surface area contributed by atoms with Crippen LogP contribution in [-0.4, -0.2) is 46.3 Å². The van der Waals surface area contributed by atoms with Crippen molar-refractivity contribution in [1.29, 1.82) is 0 Å². The molecule has 0 aliphatic carbocycles. The van der Waals surface area contributed by atoms with Gasteiger partial charge in [-0.15, -0.1) is 24.2 Å². The molecule has 0 spiro atoms. The van der Waals surface area contributed by atoms with Gasteiger partial charge in [-0.3, -0.25) is 9.59 Å². The van der Waals surface area contributed by atoms with E-state index in [1.54, 1.807) is 18.7 Å². The highest BCUT2D eigenvalue weighted by Crippen LogP contribution is 2.24. The topological polar surface area (TPSA) is 66.6 Å². The van der Waals surface area contributed by atoms with E-state index in [4.69, 9.17) is 5.73 Å². The van der Waals surface area contributed by atoms with Gasteiger partial charge in [-0.1, -0.05) is 0 Å². The fraction of sp³-hybridized carbons (Fsp3) is 0.600. The van der Waals surface area contributed by atoms with Gasteiger partial charge >= 0.3 is 0 Å². The summed E-state index contributed by atoms with van der Waals surface area (Å²) in [5.74, 6) is 0.322. The fourth-order valence-electron chi connectivity index (χ4n) is 1.40. The summed E-state index contributed by atoms with van der Waals surface area (Å²) in [6, 6.07) is 0. The molecule has 0 aromatic heterocycles. The first kappa shape index (κ1) is 16.1. The van der Waals surface area contributed by atoms with Crippen LogP contribution in [0.15, 0.2) is 12.4 Å². The summed E-state index contributed by atoms with van der Waals surface area (Å²) in [4.78, 5) is 25.7. The van der Waals surface area contributed by atoms with E-state index >= 15 is 0 Å². The van der Waals surface area contributed by atoms with Crippen molar-refractivity contribution in [2.45, 2.75) is 18.8 Å². The molecule has 1 aliphatic heterocycles. The third-order valence-corrected chi connectivity index (χ3v) is 3.65. The first-order chi connectivity index (χ1) is 7.50. The van der Waals surface area contributed by atoms with Crippen LogP contribution in [0, 0.1) is 0 Å². The number of halogens is 1. The smallest absolute Gasteiger partial charge is 0.219 e. The lowest BCUT2D eigenvalue weighted by molar-refractivity contribution is -0.118. The first-order valence-corrected chi connectivity index (χ1v) is 6.11. The quantitative estimate of drug-likeness (QED) is 0.772. The highest BCUT2D eigenvalue weighted by atomic mass is 35.5. The van der Waals surface area contributed by atoms with E-state index in [1.165, 1.54) is 0 Å². The average Bonchev–Trinajstić information content (AvgIpc) is 2.53. The number of carbonyl (C=O) groups is 2. The normalized spacial score (nSPS) is 18.1. The van der Waals surface area contributed by atoms with Crippen LogP contribution >= 0.6 is 24.2 Å². The van der Waals surface area contributed by atoms with E-state index in [9.17, 15) is 9.59 Å². The van der Waals surface area contributed by atoms with Gasteiger partial charge in [0.25, 0.3) is 0 Å². The van der Waals surface area contributed by atoms with Crippen molar-refractivity contribution in [3.8, 4) is 0 Å². The second kappa shape index (κ2) is 7.45. The number of rotatable bonds is 6. The number of primary amides is 1. The van der Waals surface area contributed by atoms with Crippen molar-refractivity contribution in [2.75, 3.05) is 19.3 Å². The zero-order chi connectivity index (χ0) is 12.1. The van der Waals surface area contributed by atoms with Crippen LogP contribution in [0.25, 0.3) is 0 Å². The Kier molecular flexibility index (Phi) is 7.06. The fourth-order valence-corrected chi connectivity index (χ4v) is 2.46. The minimum absolute atomic E-state index is 0. The van der Waals surface area contributed by atoms with Gasteiger partial charge < -0.3 is 15.5 Å². The highest BCUT2D eigenvalue weighted by Gasteiger charge is 2.24. The Morgan fingerprint density at radius 1 is 1.41 bits per heavy atom. The number of nitrogens with two attached hydrogens (primary N) is 1. The zero-order valence-electron chi connectivity index (χ0n) is 9.96. The summed E-state index contributed by atoms with van der Waals surface area (Å²) >= 11 is 1.55. The molecule has 2 N–H and O–H groups in total. The molecule has 1 rings (SSSR count). The number of thioether (sulfide) groups is 1. The SMILES string of the molecule is CC(=O)CSC1N(C)C=CN1CCC(N)=O.Cl. The van der Waals surface area contributed by atoms with Crippen LogP contribution in [0.4, 0.5) is 0 Å². The maximum Gasteiger partial charge on any atom is 0.219 e. The Morgan fingerprint density at radius 2 is 2.06 bits per heavy atom. The van der Waals surface area contributed by atoms with Gasteiger partial charge in [-0.25, -0.2) is 0 Å². The number of nitrogens with zero attached hydrogens (tertiary/aromatic N) is 2. The molecule has 0 saturated heterocycles. The highest BCUT2D eigenvalue weighted by molar-refractivity contribution is 8.00. The average molecular weight is 280 g/mol. The van der Waals surface area contributed by atoms with Crippen molar-refractivity contribution in [3.63, 3.8) is 0 Å².